The first kappa shape index (κ1) is 10.4. The van der Waals surface area contributed by atoms with Crippen molar-refractivity contribution in [2.24, 2.45) is 0 Å². The number of nitro benzene ring substituents is 1. The van der Waals surface area contributed by atoms with Crippen molar-refractivity contribution in [3.8, 4) is 0 Å². The summed E-state index contributed by atoms with van der Waals surface area (Å²) in [6.45, 7) is 0. The molecule has 1 aromatic rings. The van der Waals surface area contributed by atoms with Gasteiger partial charge in [0, 0.05) is 5.88 Å². The van der Waals surface area contributed by atoms with E-state index in [1.807, 2.05) is 0 Å². The van der Waals surface area contributed by atoms with Gasteiger partial charge in [0.25, 0.3) is 0 Å². The van der Waals surface area contributed by atoms with Crippen LogP contribution in [0.1, 0.15) is 5.56 Å². The lowest BCUT2D eigenvalue weighted by atomic mass is 10.2. The second-order valence-electron chi connectivity index (χ2n) is 2.30. The molecule has 0 aliphatic heterocycles. The van der Waals surface area contributed by atoms with Crippen LogP contribution < -0.4 is 0 Å². The minimum atomic E-state index is -0.880. The quantitative estimate of drug-likeness (QED) is 0.469. The van der Waals surface area contributed by atoms with Crippen LogP contribution in [0.4, 0.5) is 10.1 Å². The lowest BCUT2D eigenvalue weighted by molar-refractivity contribution is -0.388. The Kier molecular flexibility index (Phi) is 3.22. The highest BCUT2D eigenvalue weighted by Crippen LogP contribution is 2.29. The number of nitrogens with zero attached hydrogens (tertiary/aromatic N) is 1. The summed E-state index contributed by atoms with van der Waals surface area (Å²) in [5, 5.41) is 10.3. The summed E-state index contributed by atoms with van der Waals surface area (Å²) in [7, 11) is 0. The van der Waals surface area contributed by atoms with E-state index in [-0.39, 0.29) is 10.4 Å². The molecule has 0 saturated carbocycles. The standard InChI is InChI=1S/C7H4BrClFNO2/c8-5-1-4(3-9)2-6(10)7(5)11(12)13/h1-2H,3H2. The minimum Gasteiger partial charge on any atom is -0.258 e. The van der Waals surface area contributed by atoms with Crippen LogP contribution in [0.25, 0.3) is 0 Å². The van der Waals surface area contributed by atoms with Gasteiger partial charge in [-0.05, 0) is 33.6 Å². The molecule has 0 N–H and O–H groups in total. The Balaban J connectivity index is 3.31. The molecule has 0 heterocycles. The third-order valence-corrected chi connectivity index (χ3v) is 2.33. The van der Waals surface area contributed by atoms with E-state index < -0.39 is 16.4 Å². The molecule has 0 amide bonds. The molecule has 0 aliphatic carbocycles. The number of benzene rings is 1. The molecule has 0 bridgehead atoms. The van der Waals surface area contributed by atoms with Crippen molar-refractivity contribution >= 4 is 33.2 Å². The zero-order valence-electron chi connectivity index (χ0n) is 6.26. The first-order chi connectivity index (χ1) is 6.06. The number of hydrogen-bond donors (Lipinski definition) is 0. The molecule has 1 aromatic carbocycles. The van der Waals surface area contributed by atoms with Gasteiger partial charge in [-0.2, -0.15) is 4.39 Å². The van der Waals surface area contributed by atoms with Gasteiger partial charge in [0.15, 0.2) is 0 Å². The monoisotopic (exact) mass is 267 g/mol. The summed E-state index contributed by atoms with van der Waals surface area (Å²) in [5.74, 6) is -0.761. The summed E-state index contributed by atoms with van der Waals surface area (Å²) in [4.78, 5) is 9.56. The fourth-order valence-corrected chi connectivity index (χ4v) is 1.65. The summed E-state index contributed by atoms with van der Waals surface area (Å²) >= 11 is 8.34. The number of hydrogen-bond acceptors (Lipinski definition) is 2. The molecule has 3 nitrogen and oxygen atoms in total. The van der Waals surface area contributed by atoms with Crippen LogP contribution in [0.2, 0.25) is 0 Å². The molecular weight excluding hydrogens is 264 g/mol. The summed E-state index contributed by atoms with van der Waals surface area (Å²) in [6, 6.07) is 2.48. The molecule has 0 atom stereocenters. The smallest absolute Gasteiger partial charge is 0.258 e. The molecule has 0 unspecified atom stereocenters. The predicted molar refractivity (Wildman–Crippen MR) is 50.3 cm³/mol. The Morgan fingerprint density at radius 3 is 2.62 bits per heavy atom. The van der Waals surface area contributed by atoms with Gasteiger partial charge in [0.1, 0.15) is 0 Å². The number of halogens is 3. The maximum Gasteiger partial charge on any atom is 0.318 e. The second kappa shape index (κ2) is 4.02. The molecule has 1 rings (SSSR count). The van der Waals surface area contributed by atoms with Crippen molar-refractivity contribution in [3.63, 3.8) is 0 Å². The molecule has 6 heteroatoms. The van der Waals surface area contributed by atoms with Crippen molar-refractivity contribution in [1.82, 2.24) is 0 Å². The number of nitro groups is 1. The fraction of sp³-hybridized carbons (Fsp3) is 0.143. The van der Waals surface area contributed by atoms with Crippen molar-refractivity contribution in [2.75, 3.05) is 0 Å². The molecule has 0 spiro atoms. The Bertz CT molecular complexity index is 335. The van der Waals surface area contributed by atoms with Crippen LogP contribution >= 0.6 is 27.5 Å². The van der Waals surface area contributed by atoms with E-state index in [0.29, 0.717) is 5.56 Å². The Morgan fingerprint density at radius 2 is 2.23 bits per heavy atom. The van der Waals surface area contributed by atoms with Gasteiger partial charge in [0.05, 0.1) is 9.40 Å². The molecule has 0 aromatic heterocycles. The fourth-order valence-electron chi connectivity index (χ4n) is 0.870. The highest BCUT2D eigenvalue weighted by molar-refractivity contribution is 9.10. The molecule has 13 heavy (non-hydrogen) atoms. The lowest BCUT2D eigenvalue weighted by Gasteiger charge is -1.99. The first-order valence-electron chi connectivity index (χ1n) is 3.24. The van der Waals surface area contributed by atoms with E-state index in [4.69, 9.17) is 11.6 Å². The van der Waals surface area contributed by atoms with Crippen LogP contribution in [-0.4, -0.2) is 4.92 Å². The second-order valence-corrected chi connectivity index (χ2v) is 3.42. The number of rotatable bonds is 2. The van der Waals surface area contributed by atoms with Crippen molar-refractivity contribution in [2.45, 2.75) is 5.88 Å². The van der Waals surface area contributed by atoms with Crippen LogP contribution in [0.5, 0.6) is 0 Å². The van der Waals surface area contributed by atoms with Crippen LogP contribution in [0, 0.1) is 15.9 Å². The lowest BCUT2D eigenvalue weighted by Crippen LogP contribution is -1.95. The Morgan fingerprint density at radius 1 is 1.62 bits per heavy atom. The van der Waals surface area contributed by atoms with Crippen molar-refractivity contribution < 1.29 is 9.31 Å². The van der Waals surface area contributed by atoms with E-state index in [9.17, 15) is 14.5 Å². The summed E-state index contributed by atoms with van der Waals surface area (Å²) in [5.41, 5.74) is -0.0643. The maximum atomic E-state index is 13.0. The third-order valence-electron chi connectivity index (χ3n) is 1.41. The zero-order valence-corrected chi connectivity index (χ0v) is 8.60. The molecule has 0 fully saturated rings. The first-order valence-corrected chi connectivity index (χ1v) is 4.57. The molecule has 0 aliphatic rings. The van der Waals surface area contributed by atoms with Gasteiger partial charge in [-0.1, -0.05) is 0 Å². The van der Waals surface area contributed by atoms with E-state index in [1.165, 1.54) is 6.07 Å². The van der Waals surface area contributed by atoms with Gasteiger partial charge in [-0.3, -0.25) is 10.1 Å². The van der Waals surface area contributed by atoms with Gasteiger partial charge in [-0.25, -0.2) is 0 Å². The van der Waals surface area contributed by atoms with Crippen molar-refractivity contribution in [1.29, 1.82) is 0 Å². The van der Waals surface area contributed by atoms with Gasteiger partial charge >= 0.3 is 5.69 Å². The van der Waals surface area contributed by atoms with E-state index >= 15 is 0 Å². The average Bonchev–Trinajstić information content (AvgIpc) is 2.02. The molecule has 0 saturated heterocycles. The summed E-state index contributed by atoms with van der Waals surface area (Å²) < 4.78 is 13.1. The SMILES string of the molecule is O=[N+]([O-])c1c(F)cc(CCl)cc1Br. The highest BCUT2D eigenvalue weighted by atomic mass is 79.9. The topological polar surface area (TPSA) is 43.1 Å². The predicted octanol–water partition coefficient (Wildman–Crippen LogP) is 3.24. The zero-order chi connectivity index (χ0) is 10.0. The molecular formula is C7H4BrClFNO2. The minimum absolute atomic E-state index is 0.105. The third kappa shape index (κ3) is 2.16. The largest absolute Gasteiger partial charge is 0.318 e. The van der Waals surface area contributed by atoms with Crippen molar-refractivity contribution in [3.05, 3.63) is 38.1 Å². The number of alkyl halides is 1. The normalized spacial score (nSPS) is 10.1. The summed E-state index contributed by atoms with van der Waals surface area (Å²) in [6.07, 6.45) is 0. The molecule has 0 radical (unpaired) electrons. The van der Waals surface area contributed by atoms with Gasteiger partial charge < -0.3 is 0 Å². The Hall–Kier alpha value is -0.680. The van der Waals surface area contributed by atoms with E-state index in [2.05, 4.69) is 15.9 Å². The average molecular weight is 268 g/mol. The van der Waals surface area contributed by atoms with Gasteiger partial charge in [0.2, 0.25) is 5.82 Å². The highest BCUT2D eigenvalue weighted by Gasteiger charge is 2.19. The van der Waals surface area contributed by atoms with Gasteiger partial charge in [-0.15, -0.1) is 11.6 Å². The van der Waals surface area contributed by atoms with Crippen LogP contribution in [-0.2, 0) is 5.88 Å². The van der Waals surface area contributed by atoms with E-state index in [1.54, 1.807) is 0 Å². The maximum absolute atomic E-state index is 13.0. The molecule has 70 valence electrons. The van der Waals surface area contributed by atoms with Crippen LogP contribution in [0.15, 0.2) is 16.6 Å². The Labute approximate surface area is 86.8 Å². The van der Waals surface area contributed by atoms with Crippen LogP contribution in [0.3, 0.4) is 0 Å². The van der Waals surface area contributed by atoms with E-state index in [0.717, 1.165) is 6.07 Å².